The van der Waals surface area contributed by atoms with Crippen molar-refractivity contribution < 1.29 is 9.84 Å². The highest BCUT2D eigenvalue weighted by Gasteiger charge is 2.12. The highest BCUT2D eigenvalue weighted by Crippen LogP contribution is 2.32. The summed E-state index contributed by atoms with van der Waals surface area (Å²) < 4.78 is 6.00. The van der Waals surface area contributed by atoms with Crippen molar-refractivity contribution in [3.05, 3.63) is 48.5 Å². The zero-order valence-corrected chi connectivity index (χ0v) is 13.5. The number of hydrogen-bond acceptors (Lipinski definition) is 4. The summed E-state index contributed by atoms with van der Waals surface area (Å²) in [5, 5.41) is 15.2. The number of fused-ring (bicyclic) bond motifs is 2. The molecule has 3 aromatic rings. The largest absolute Gasteiger partial charge is 0.489 e. The van der Waals surface area contributed by atoms with Gasteiger partial charge in [0.05, 0.1) is 11.0 Å². The number of aliphatic hydroxyl groups is 1. The van der Waals surface area contributed by atoms with Gasteiger partial charge in [-0.3, -0.25) is 0 Å². The van der Waals surface area contributed by atoms with Gasteiger partial charge in [-0.15, -0.1) is 0 Å². The van der Waals surface area contributed by atoms with Crippen LogP contribution in [0.15, 0.2) is 48.5 Å². The topological polar surface area (TPSA) is 54.4 Å². The predicted octanol–water partition coefficient (Wildman–Crippen LogP) is 3.13. The Morgan fingerprint density at radius 1 is 1.00 bits per heavy atom. The lowest BCUT2D eigenvalue weighted by atomic mass is 10.1. The molecule has 4 nitrogen and oxygen atoms in total. The zero-order valence-electron chi connectivity index (χ0n) is 13.5. The minimum Gasteiger partial charge on any atom is -0.489 e. The molecule has 0 radical (unpaired) electrons. The number of nitrogens with zero attached hydrogens (tertiary/aromatic N) is 1. The van der Waals surface area contributed by atoms with Crippen molar-refractivity contribution in [2.24, 2.45) is 0 Å². The van der Waals surface area contributed by atoms with Gasteiger partial charge in [0.2, 0.25) is 0 Å². The molecule has 0 amide bonds. The molecule has 3 rings (SSSR count). The van der Waals surface area contributed by atoms with Gasteiger partial charge in [-0.05, 0) is 24.3 Å². The first-order valence-corrected chi connectivity index (χ1v) is 7.97. The molecule has 1 heterocycles. The molecule has 0 saturated carbocycles. The Balaban J connectivity index is 1.91. The number of rotatable bonds is 6. The molecule has 0 aliphatic heterocycles. The van der Waals surface area contributed by atoms with E-state index in [9.17, 15) is 5.11 Å². The first kappa shape index (κ1) is 15.7. The summed E-state index contributed by atoms with van der Waals surface area (Å²) in [6.07, 6.45) is -0.553. The minimum absolute atomic E-state index is 0.248. The normalized spacial score (nSPS) is 12.9. The summed E-state index contributed by atoms with van der Waals surface area (Å²) in [4.78, 5) is 4.67. The van der Waals surface area contributed by atoms with Gasteiger partial charge in [0.25, 0.3) is 0 Å². The number of aromatic nitrogens is 1. The van der Waals surface area contributed by atoms with Crippen molar-refractivity contribution in [3.63, 3.8) is 0 Å². The number of ether oxygens (including phenoxy) is 1. The number of hydrogen-bond donors (Lipinski definition) is 2. The molecule has 0 bridgehead atoms. The molecular weight excluding hydrogens is 288 g/mol. The molecule has 0 aliphatic carbocycles. The average molecular weight is 310 g/mol. The highest BCUT2D eigenvalue weighted by molar-refractivity contribution is 6.00. The van der Waals surface area contributed by atoms with Crippen LogP contribution < -0.4 is 10.1 Å². The van der Waals surface area contributed by atoms with E-state index in [2.05, 4.69) is 24.1 Å². The van der Waals surface area contributed by atoms with Crippen LogP contribution in [0.25, 0.3) is 21.8 Å². The van der Waals surface area contributed by atoms with Gasteiger partial charge in [-0.2, -0.15) is 0 Å². The Bertz CT molecular complexity index is 748. The van der Waals surface area contributed by atoms with Crippen molar-refractivity contribution in [1.82, 2.24) is 10.3 Å². The Labute approximate surface area is 136 Å². The van der Waals surface area contributed by atoms with E-state index in [4.69, 9.17) is 4.74 Å². The molecule has 1 unspecified atom stereocenters. The maximum Gasteiger partial charge on any atom is 0.138 e. The third-order valence-electron chi connectivity index (χ3n) is 3.72. The molecule has 1 aromatic heterocycles. The van der Waals surface area contributed by atoms with Crippen molar-refractivity contribution in [2.45, 2.75) is 26.0 Å². The molecular formula is C19H22N2O2. The van der Waals surface area contributed by atoms with Gasteiger partial charge in [0, 0.05) is 23.4 Å². The number of benzene rings is 2. The van der Waals surface area contributed by atoms with Gasteiger partial charge in [0.15, 0.2) is 0 Å². The summed E-state index contributed by atoms with van der Waals surface area (Å²) in [6.45, 7) is 4.87. The number of para-hydroxylation sites is 2. The zero-order chi connectivity index (χ0) is 16.2. The van der Waals surface area contributed by atoms with Crippen LogP contribution in [-0.4, -0.2) is 35.4 Å². The minimum atomic E-state index is -0.553. The van der Waals surface area contributed by atoms with Crippen molar-refractivity contribution >= 4 is 21.8 Å². The lowest BCUT2D eigenvalue weighted by Gasteiger charge is -2.17. The molecule has 0 saturated heterocycles. The van der Waals surface area contributed by atoms with E-state index in [0.717, 1.165) is 27.6 Å². The van der Waals surface area contributed by atoms with Crippen molar-refractivity contribution in [2.75, 3.05) is 13.2 Å². The molecule has 120 valence electrons. The van der Waals surface area contributed by atoms with Crippen LogP contribution >= 0.6 is 0 Å². The fourth-order valence-electron chi connectivity index (χ4n) is 2.57. The predicted molar refractivity (Wildman–Crippen MR) is 93.9 cm³/mol. The second kappa shape index (κ2) is 6.94. The highest BCUT2D eigenvalue weighted by atomic mass is 16.5. The Kier molecular flexibility index (Phi) is 4.74. The molecule has 0 aliphatic rings. The molecule has 1 atom stereocenters. The summed E-state index contributed by atoms with van der Waals surface area (Å²) in [5.41, 5.74) is 1.80. The molecule has 0 fully saturated rings. The van der Waals surface area contributed by atoms with Crippen LogP contribution in [0, 0.1) is 0 Å². The Hall–Kier alpha value is -2.17. The summed E-state index contributed by atoms with van der Waals surface area (Å²) in [5.74, 6) is 0.787. The van der Waals surface area contributed by atoms with Crippen molar-refractivity contribution in [1.29, 1.82) is 0 Å². The van der Waals surface area contributed by atoms with Crippen LogP contribution in [0.5, 0.6) is 5.75 Å². The van der Waals surface area contributed by atoms with Gasteiger partial charge in [-0.25, -0.2) is 4.98 Å². The summed E-state index contributed by atoms with van der Waals surface area (Å²) in [6, 6.07) is 16.2. The van der Waals surface area contributed by atoms with Crippen LogP contribution in [0.3, 0.4) is 0 Å². The molecule has 0 spiro atoms. The van der Waals surface area contributed by atoms with E-state index >= 15 is 0 Å². The van der Waals surface area contributed by atoms with E-state index in [0.29, 0.717) is 12.6 Å². The monoisotopic (exact) mass is 310 g/mol. The lowest BCUT2D eigenvalue weighted by molar-refractivity contribution is 0.106. The van der Waals surface area contributed by atoms with Gasteiger partial charge in [-0.1, -0.05) is 38.1 Å². The first-order chi connectivity index (χ1) is 11.1. The number of aliphatic hydroxyl groups excluding tert-OH is 1. The van der Waals surface area contributed by atoms with Gasteiger partial charge < -0.3 is 15.2 Å². The van der Waals surface area contributed by atoms with Crippen LogP contribution in [0.4, 0.5) is 0 Å². The second-order valence-corrected chi connectivity index (χ2v) is 6.00. The Morgan fingerprint density at radius 3 is 2.13 bits per heavy atom. The average Bonchev–Trinajstić information content (AvgIpc) is 2.56. The quantitative estimate of drug-likeness (QED) is 0.687. The standard InChI is InChI=1S/C19H22N2O2/c1-13(2)20-11-14(22)12-23-19-15-7-3-5-9-17(15)21-18-10-6-4-8-16(18)19/h3-10,13-14,20,22H,11-12H2,1-2H3. The van der Waals surface area contributed by atoms with E-state index < -0.39 is 6.10 Å². The smallest absolute Gasteiger partial charge is 0.138 e. The SMILES string of the molecule is CC(C)NCC(O)COc1c2ccccc2nc2ccccc12. The van der Waals surface area contributed by atoms with E-state index in [1.807, 2.05) is 48.5 Å². The maximum atomic E-state index is 10.1. The van der Waals surface area contributed by atoms with E-state index in [1.165, 1.54) is 0 Å². The number of nitrogens with one attached hydrogen (secondary N) is 1. The number of pyridine rings is 1. The summed E-state index contributed by atoms with van der Waals surface area (Å²) in [7, 11) is 0. The maximum absolute atomic E-state index is 10.1. The van der Waals surface area contributed by atoms with Crippen molar-refractivity contribution in [3.8, 4) is 5.75 Å². The first-order valence-electron chi connectivity index (χ1n) is 7.97. The summed E-state index contributed by atoms with van der Waals surface area (Å²) >= 11 is 0. The molecule has 2 aromatic carbocycles. The second-order valence-electron chi connectivity index (χ2n) is 6.00. The molecule has 23 heavy (non-hydrogen) atoms. The third kappa shape index (κ3) is 3.60. The third-order valence-corrected chi connectivity index (χ3v) is 3.72. The fraction of sp³-hybridized carbons (Fsp3) is 0.316. The van der Waals surface area contributed by atoms with Crippen LogP contribution in [-0.2, 0) is 0 Å². The lowest BCUT2D eigenvalue weighted by Crippen LogP contribution is -2.35. The van der Waals surface area contributed by atoms with Gasteiger partial charge >= 0.3 is 0 Å². The molecule has 4 heteroatoms. The Morgan fingerprint density at radius 2 is 1.57 bits per heavy atom. The van der Waals surface area contributed by atoms with Crippen LogP contribution in [0.1, 0.15) is 13.8 Å². The van der Waals surface area contributed by atoms with E-state index in [1.54, 1.807) is 0 Å². The van der Waals surface area contributed by atoms with E-state index in [-0.39, 0.29) is 6.61 Å². The molecule has 2 N–H and O–H groups in total. The van der Waals surface area contributed by atoms with Gasteiger partial charge in [0.1, 0.15) is 18.5 Å². The van der Waals surface area contributed by atoms with Crippen LogP contribution in [0.2, 0.25) is 0 Å². The fourth-order valence-corrected chi connectivity index (χ4v) is 2.57.